The van der Waals surface area contributed by atoms with Crippen LogP contribution in [-0.4, -0.2) is 33.5 Å². The summed E-state index contributed by atoms with van der Waals surface area (Å²) in [7, 11) is 0. The second kappa shape index (κ2) is 8.19. The first-order chi connectivity index (χ1) is 15.4. The maximum Gasteiger partial charge on any atom is 0.270 e. The van der Waals surface area contributed by atoms with Crippen LogP contribution < -0.4 is 11.2 Å². The number of aliphatic hydroxyl groups is 1. The van der Waals surface area contributed by atoms with Crippen LogP contribution in [0.25, 0.3) is 10.8 Å². The fourth-order valence-electron chi connectivity index (χ4n) is 3.37. The molecule has 0 spiro atoms. The number of benzene rings is 3. The van der Waals surface area contributed by atoms with Crippen molar-refractivity contribution in [3.05, 3.63) is 107 Å². The molecule has 158 valence electrons. The van der Waals surface area contributed by atoms with Crippen molar-refractivity contribution in [1.82, 2.24) is 10.4 Å². The molecule has 1 aliphatic heterocycles. The highest BCUT2D eigenvalue weighted by Gasteiger charge is 2.37. The Balaban J connectivity index is 1.71. The molecule has 3 aromatic rings. The number of carbonyl (C=O) groups excluding carboxylic acids is 3. The van der Waals surface area contributed by atoms with Crippen molar-refractivity contribution in [2.24, 2.45) is 5.73 Å². The van der Waals surface area contributed by atoms with Crippen LogP contribution in [-0.2, 0) is 4.79 Å². The highest BCUT2D eigenvalue weighted by atomic mass is 16.3. The first-order valence-electron chi connectivity index (χ1n) is 9.60. The third-order valence-corrected chi connectivity index (χ3v) is 4.98. The second-order valence-corrected chi connectivity index (χ2v) is 7.03. The number of nitrogens with one attached hydrogen (secondary N) is 2. The normalized spacial score (nSPS) is 14.8. The molecular weight excluding hydrogens is 408 g/mol. The summed E-state index contributed by atoms with van der Waals surface area (Å²) >= 11 is 0. The Morgan fingerprint density at radius 1 is 0.906 bits per heavy atom. The number of primary amides is 1. The molecule has 0 unspecified atom stereocenters. The number of nitrogens with two attached hydrogens (primary N) is 1. The molecule has 8 heteroatoms. The van der Waals surface area contributed by atoms with E-state index in [2.05, 4.69) is 5.43 Å². The molecule has 32 heavy (non-hydrogen) atoms. The van der Waals surface area contributed by atoms with Gasteiger partial charge in [0.1, 0.15) is 11.3 Å². The fourth-order valence-corrected chi connectivity index (χ4v) is 3.37. The standard InChI is InChI=1S/C24H18N4O4/c25-22-20(23(26)31)21(30)18(28(22)27-24(32)15-7-2-1-3-8-15)13-19(29)17-11-10-14-6-4-5-9-16(14)12-17/h1-13,25,30H,(H2,26,31)(H,27,32). The van der Waals surface area contributed by atoms with E-state index in [0.29, 0.717) is 5.56 Å². The summed E-state index contributed by atoms with van der Waals surface area (Å²) in [6.45, 7) is 0. The molecule has 0 aliphatic carbocycles. The van der Waals surface area contributed by atoms with Gasteiger partial charge in [-0.05, 0) is 29.0 Å². The highest BCUT2D eigenvalue weighted by molar-refractivity contribution is 6.23. The van der Waals surface area contributed by atoms with Gasteiger partial charge in [0.15, 0.2) is 17.4 Å². The van der Waals surface area contributed by atoms with Crippen molar-refractivity contribution in [1.29, 1.82) is 5.41 Å². The Bertz CT molecular complexity index is 1340. The summed E-state index contributed by atoms with van der Waals surface area (Å²) in [4.78, 5) is 37.3. The minimum atomic E-state index is -1.06. The minimum Gasteiger partial charge on any atom is -0.505 e. The number of ketones is 1. The number of amides is 2. The zero-order valence-corrected chi connectivity index (χ0v) is 16.7. The minimum absolute atomic E-state index is 0.230. The van der Waals surface area contributed by atoms with Crippen LogP contribution in [0.15, 0.2) is 95.9 Å². The Hall–Kier alpha value is -4.72. The van der Waals surface area contributed by atoms with Gasteiger partial charge in [0.2, 0.25) is 0 Å². The maximum absolute atomic E-state index is 12.9. The molecule has 3 aromatic carbocycles. The number of hydrogen-bond donors (Lipinski definition) is 4. The molecule has 0 aromatic heterocycles. The van der Waals surface area contributed by atoms with Crippen molar-refractivity contribution in [3.63, 3.8) is 0 Å². The largest absolute Gasteiger partial charge is 0.505 e. The molecule has 1 aliphatic rings. The molecule has 0 fully saturated rings. The van der Waals surface area contributed by atoms with Crippen molar-refractivity contribution >= 4 is 34.2 Å². The molecular formula is C24H18N4O4. The number of hydrazine groups is 1. The average Bonchev–Trinajstić information content (AvgIpc) is 3.03. The lowest BCUT2D eigenvalue weighted by atomic mass is 10.0. The van der Waals surface area contributed by atoms with E-state index in [1.54, 1.807) is 48.5 Å². The second-order valence-electron chi connectivity index (χ2n) is 7.03. The summed E-state index contributed by atoms with van der Waals surface area (Å²) in [5.74, 6) is -3.36. The Kier molecular flexibility index (Phi) is 5.26. The zero-order valence-electron chi connectivity index (χ0n) is 16.7. The van der Waals surface area contributed by atoms with Crippen LogP contribution in [0.2, 0.25) is 0 Å². The van der Waals surface area contributed by atoms with Crippen LogP contribution in [0, 0.1) is 5.41 Å². The lowest BCUT2D eigenvalue weighted by Crippen LogP contribution is -2.44. The van der Waals surface area contributed by atoms with E-state index in [9.17, 15) is 19.5 Å². The molecule has 0 saturated carbocycles. The number of fused-ring (bicyclic) bond motifs is 1. The van der Waals surface area contributed by atoms with E-state index >= 15 is 0 Å². The van der Waals surface area contributed by atoms with Gasteiger partial charge < -0.3 is 10.8 Å². The van der Waals surface area contributed by atoms with E-state index in [4.69, 9.17) is 11.1 Å². The SMILES string of the molecule is N=C1C(C(N)=O)=C(O)C(=CC(=O)c2ccc3ccccc3c2)N1NC(=O)c1ccccc1. The van der Waals surface area contributed by atoms with E-state index < -0.39 is 34.8 Å². The summed E-state index contributed by atoms with van der Waals surface area (Å²) in [5, 5.41) is 21.4. The molecule has 5 N–H and O–H groups in total. The van der Waals surface area contributed by atoms with Gasteiger partial charge in [-0.25, -0.2) is 5.01 Å². The summed E-state index contributed by atoms with van der Waals surface area (Å²) in [6.07, 6.45) is 1.05. The molecule has 8 nitrogen and oxygen atoms in total. The van der Waals surface area contributed by atoms with Gasteiger partial charge in [-0.1, -0.05) is 54.6 Å². The van der Waals surface area contributed by atoms with Crippen LogP contribution in [0.5, 0.6) is 0 Å². The number of nitrogens with zero attached hydrogens (tertiary/aromatic N) is 1. The lowest BCUT2D eigenvalue weighted by Gasteiger charge is -2.21. The van der Waals surface area contributed by atoms with Gasteiger partial charge >= 0.3 is 0 Å². The van der Waals surface area contributed by atoms with Crippen molar-refractivity contribution in [2.75, 3.05) is 0 Å². The first kappa shape index (κ1) is 20.5. The van der Waals surface area contributed by atoms with E-state index in [0.717, 1.165) is 21.9 Å². The highest BCUT2D eigenvalue weighted by Crippen LogP contribution is 2.27. The third kappa shape index (κ3) is 3.72. The smallest absolute Gasteiger partial charge is 0.270 e. The van der Waals surface area contributed by atoms with Crippen molar-refractivity contribution < 1.29 is 19.5 Å². The zero-order chi connectivity index (χ0) is 22.8. The molecule has 0 radical (unpaired) electrons. The van der Waals surface area contributed by atoms with Crippen LogP contribution >= 0.6 is 0 Å². The number of aliphatic hydroxyl groups excluding tert-OH is 1. The van der Waals surface area contributed by atoms with Gasteiger partial charge in [-0.15, -0.1) is 0 Å². The van der Waals surface area contributed by atoms with Gasteiger partial charge in [0.25, 0.3) is 11.8 Å². The van der Waals surface area contributed by atoms with Crippen molar-refractivity contribution in [2.45, 2.75) is 0 Å². The van der Waals surface area contributed by atoms with Gasteiger partial charge in [0.05, 0.1) is 0 Å². The Morgan fingerprint density at radius 2 is 1.56 bits per heavy atom. The predicted molar refractivity (Wildman–Crippen MR) is 119 cm³/mol. The van der Waals surface area contributed by atoms with Crippen LogP contribution in [0.3, 0.4) is 0 Å². The van der Waals surface area contributed by atoms with Gasteiger partial charge in [-0.2, -0.15) is 0 Å². The van der Waals surface area contributed by atoms with E-state index in [-0.39, 0.29) is 11.3 Å². The fraction of sp³-hybridized carbons (Fsp3) is 0. The molecule has 0 atom stereocenters. The average molecular weight is 426 g/mol. The van der Waals surface area contributed by atoms with Crippen LogP contribution in [0.1, 0.15) is 20.7 Å². The van der Waals surface area contributed by atoms with Gasteiger partial charge in [-0.3, -0.25) is 25.2 Å². The molecule has 0 saturated heterocycles. The maximum atomic E-state index is 12.9. The Labute approximate surface area is 182 Å². The predicted octanol–water partition coefficient (Wildman–Crippen LogP) is 2.84. The van der Waals surface area contributed by atoms with E-state index in [1.807, 2.05) is 24.3 Å². The van der Waals surface area contributed by atoms with Gasteiger partial charge in [0, 0.05) is 17.2 Å². The Morgan fingerprint density at radius 3 is 2.25 bits per heavy atom. The summed E-state index contributed by atoms with van der Waals surface area (Å²) in [5.41, 5.74) is 7.62. The number of rotatable bonds is 5. The van der Waals surface area contributed by atoms with E-state index in [1.165, 1.54) is 0 Å². The first-order valence-corrected chi connectivity index (χ1v) is 9.60. The van der Waals surface area contributed by atoms with Crippen molar-refractivity contribution in [3.8, 4) is 0 Å². The number of hydrogen-bond acceptors (Lipinski definition) is 5. The molecule has 1 heterocycles. The van der Waals surface area contributed by atoms with Crippen LogP contribution in [0.4, 0.5) is 0 Å². The number of amidine groups is 1. The monoisotopic (exact) mass is 426 g/mol. The molecule has 2 amide bonds. The molecule has 0 bridgehead atoms. The quantitative estimate of drug-likeness (QED) is 0.367. The summed E-state index contributed by atoms with van der Waals surface area (Å²) < 4.78 is 0. The topological polar surface area (TPSA) is 137 Å². The third-order valence-electron chi connectivity index (χ3n) is 4.98. The molecule has 4 rings (SSSR count). The number of carbonyl (C=O) groups is 3. The summed E-state index contributed by atoms with van der Waals surface area (Å²) in [6, 6.07) is 20.8. The lowest BCUT2D eigenvalue weighted by molar-refractivity contribution is -0.114. The number of allylic oxidation sites excluding steroid dienone is 1.